The second-order valence-electron chi connectivity index (χ2n) is 3.94. The average Bonchev–Trinajstić information content (AvgIpc) is 2.38. The maximum atomic E-state index is 12.3. The first-order chi connectivity index (χ1) is 8.22. The van der Waals surface area contributed by atoms with Gasteiger partial charge in [-0.15, -0.1) is 0 Å². The molecule has 1 aromatic carbocycles. The van der Waals surface area contributed by atoms with E-state index >= 15 is 0 Å². The van der Waals surface area contributed by atoms with Gasteiger partial charge in [0.15, 0.2) is 0 Å². The monoisotopic (exact) mass is 255 g/mol. The first kappa shape index (κ1) is 14.2. The molecule has 0 saturated heterocycles. The van der Waals surface area contributed by atoms with Gasteiger partial charge in [-0.05, 0) is 25.6 Å². The maximum Gasteiger partial charge on any atom is 0.134 e. The lowest BCUT2D eigenvalue weighted by molar-refractivity contribution is 0.404. The Kier molecular flexibility index (Phi) is 6.22. The Balaban J connectivity index is 2.75. The van der Waals surface area contributed by atoms with Crippen molar-refractivity contribution in [1.29, 1.82) is 0 Å². The van der Waals surface area contributed by atoms with Gasteiger partial charge in [-0.2, -0.15) is 0 Å². The highest BCUT2D eigenvalue weighted by atomic mass is 32.2. The molecule has 96 valence electrons. The van der Waals surface area contributed by atoms with E-state index < -0.39 is 10.8 Å². The third-order valence-electron chi connectivity index (χ3n) is 2.71. The van der Waals surface area contributed by atoms with Crippen LogP contribution in [0.2, 0.25) is 0 Å². The van der Waals surface area contributed by atoms with Crippen LogP contribution in [0.5, 0.6) is 5.75 Å². The number of methoxy groups -OCH3 is 1. The van der Waals surface area contributed by atoms with Gasteiger partial charge in [-0.3, -0.25) is 4.21 Å². The molecule has 0 spiro atoms. The van der Waals surface area contributed by atoms with Crippen LogP contribution in [0.25, 0.3) is 0 Å². The highest BCUT2D eigenvalue weighted by Gasteiger charge is 2.14. The van der Waals surface area contributed by atoms with E-state index in [1.807, 2.05) is 31.3 Å². The third-order valence-corrected chi connectivity index (χ3v) is 4.25. The number of benzene rings is 1. The molecule has 1 N–H and O–H groups in total. The molecule has 0 fully saturated rings. The van der Waals surface area contributed by atoms with Crippen LogP contribution in [-0.4, -0.2) is 30.2 Å². The SMILES string of the molecule is CCCC(CS(=O)c1ccccc1OC)NC. The lowest BCUT2D eigenvalue weighted by Gasteiger charge is -2.15. The Morgan fingerprint density at radius 1 is 1.41 bits per heavy atom. The summed E-state index contributed by atoms with van der Waals surface area (Å²) in [6, 6.07) is 7.80. The lowest BCUT2D eigenvalue weighted by Crippen LogP contribution is -2.30. The van der Waals surface area contributed by atoms with Crippen molar-refractivity contribution in [3.05, 3.63) is 24.3 Å². The van der Waals surface area contributed by atoms with Crippen LogP contribution in [0, 0.1) is 0 Å². The smallest absolute Gasteiger partial charge is 0.134 e. The summed E-state index contributed by atoms with van der Waals surface area (Å²) in [5, 5.41) is 3.21. The van der Waals surface area contributed by atoms with E-state index in [1.165, 1.54) is 0 Å². The zero-order chi connectivity index (χ0) is 12.7. The topological polar surface area (TPSA) is 38.3 Å². The predicted molar refractivity (Wildman–Crippen MR) is 72.0 cm³/mol. The Hall–Kier alpha value is -0.870. The van der Waals surface area contributed by atoms with Crippen LogP contribution in [0.15, 0.2) is 29.2 Å². The fourth-order valence-corrected chi connectivity index (χ4v) is 3.22. The normalized spacial score (nSPS) is 14.3. The van der Waals surface area contributed by atoms with E-state index in [-0.39, 0.29) is 0 Å². The van der Waals surface area contributed by atoms with E-state index in [0.29, 0.717) is 17.5 Å². The number of ether oxygens (including phenoxy) is 1. The van der Waals surface area contributed by atoms with Gasteiger partial charge in [0.2, 0.25) is 0 Å². The quantitative estimate of drug-likeness (QED) is 0.811. The lowest BCUT2D eigenvalue weighted by atomic mass is 10.2. The van der Waals surface area contributed by atoms with E-state index in [1.54, 1.807) is 7.11 Å². The number of nitrogens with one attached hydrogen (secondary N) is 1. The van der Waals surface area contributed by atoms with Gasteiger partial charge in [0, 0.05) is 11.8 Å². The van der Waals surface area contributed by atoms with E-state index in [9.17, 15) is 4.21 Å². The van der Waals surface area contributed by atoms with E-state index in [2.05, 4.69) is 12.2 Å². The molecular weight excluding hydrogens is 234 g/mol. The average molecular weight is 255 g/mol. The molecule has 0 aromatic heterocycles. The molecule has 0 amide bonds. The van der Waals surface area contributed by atoms with E-state index in [4.69, 9.17) is 4.74 Å². The fourth-order valence-electron chi connectivity index (χ4n) is 1.74. The van der Waals surface area contributed by atoms with Crippen LogP contribution < -0.4 is 10.1 Å². The molecule has 0 aliphatic carbocycles. The molecule has 2 atom stereocenters. The molecular formula is C13H21NO2S. The molecule has 4 heteroatoms. The van der Waals surface area contributed by atoms with Gasteiger partial charge in [0.1, 0.15) is 5.75 Å². The number of para-hydroxylation sites is 1. The summed E-state index contributed by atoms with van der Waals surface area (Å²) in [5.41, 5.74) is 0. The Morgan fingerprint density at radius 2 is 2.12 bits per heavy atom. The molecule has 0 bridgehead atoms. The van der Waals surface area contributed by atoms with Gasteiger partial charge in [-0.25, -0.2) is 0 Å². The minimum atomic E-state index is -1.01. The summed E-state index contributed by atoms with van der Waals surface area (Å²) in [5.74, 6) is 1.34. The Bertz CT molecular complexity index is 368. The van der Waals surface area contributed by atoms with Gasteiger partial charge in [-0.1, -0.05) is 25.5 Å². The maximum absolute atomic E-state index is 12.3. The second kappa shape index (κ2) is 7.45. The first-order valence-electron chi connectivity index (χ1n) is 5.91. The fraction of sp³-hybridized carbons (Fsp3) is 0.538. The van der Waals surface area contributed by atoms with Crippen LogP contribution >= 0.6 is 0 Å². The highest BCUT2D eigenvalue weighted by molar-refractivity contribution is 7.85. The summed E-state index contributed by atoms with van der Waals surface area (Å²) in [7, 11) is 2.51. The molecule has 3 nitrogen and oxygen atoms in total. The Labute approximate surface area is 106 Å². The van der Waals surface area contributed by atoms with Crippen molar-refractivity contribution in [1.82, 2.24) is 5.32 Å². The van der Waals surface area contributed by atoms with E-state index in [0.717, 1.165) is 17.7 Å². The van der Waals surface area contributed by atoms with Crippen LogP contribution in [0.4, 0.5) is 0 Å². The van der Waals surface area contributed by atoms with Gasteiger partial charge < -0.3 is 10.1 Å². The van der Waals surface area contributed by atoms with Crippen molar-refractivity contribution < 1.29 is 8.95 Å². The largest absolute Gasteiger partial charge is 0.495 e. The van der Waals surface area contributed by atoms with Crippen molar-refractivity contribution in [3.8, 4) is 5.75 Å². The van der Waals surface area contributed by atoms with Crippen LogP contribution in [0.1, 0.15) is 19.8 Å². The zero-order valence-corrected chi connectivity index (χ0v) is 11.5. The minimum Gasteiger partial charge on any atom is -0.495 e. The molecule has 0 aliphatic rings. The first-order valence-corrected chi connectivity index (χ1v) is 7.23. The summed E-state index contributed by atoms with van der Waals surface area (Å²) in [4.78, 5) is 0.784. The Morgan fingerprint density at radius 3 is 2.71 bits per heavy atom. The van der Waals surface area contributed by atoms with Crippen LogP contribution in [0.3, 0.4) is 0 Å². The van der Waals surface area contributed by atoms with Crippen molar-refractivity contribution in [2.75, 3.05) is 19.9 Å². The summed E-state index contributed by atoms with van der Waals surface area (Å²) in [6.45, 7) is 2.14. The van der Waals surface area contributed by atoms with Gasteiger partial charge in [0.05, 0.1) is 22.8 Å². The number of rotatable bonds is 7. The van der Waals surface area contributed by atoms with Crippen molar-refractivity contribution in [2.45, 2.75) is 30.7 Å². The number of hydrogen-bond donors (Lipinski definition) is 1. The summed E-state index contributed by atoms with van der Waals surface area (Å²) >= 11 is 0. The second-order valence-corrected chi connectivity index (χ2v) is 5.40. The molecule has 1 aromatic rings. The van der Waals surface area contributed by atoms with Gasteiger partial charge in [0.25, 0.3) is 0 Å². The molecule has 0 saturated carbocycles. The van der Waals surface area contributed by atoms with Crippen LogP contribution in [-0.2, 0) is 10.8 Å². The third kappa shape index (κ3) is 4.13. The zero-order valence-electron chi connectivity index (χ0n) is 10.7. The highest BCUT2D eigenvalue weighted by Crippen LogP contribution is 2.22. The van der Waals surface area contributed by atoms with Crippen molar-refractivity contribution in [2.24, 2.45) is 0 Å². The number of hydrogen-bond acceptors (Lipinski definition) is 3. The molecule has 17 heavy (non-hydrogen) atoms. The standard InChI is InChI=1S/C13H21NO2S/c1-4-7-11(14-2)10-17(15)13-9-6-5-8-12(13)16-3/h5-6,8-9,11,14H,4,7,10H2,1-3H3. The van der Waals surface area contributed by atoms with Crippen molar-refractivity contribution in [3.63, 3.8) is 0 Å². The molecule has 0 radical (unpaired) electrons. The molecule has 2 unspecified atom stereocenters. The molecule has 0 aliphatic heterocycles. The summed E-state index contributed by atoms with van der Waals surface area (Å²) in [6.07, 6.45) is 2.13. The van der Waals surface area contributed by atoms with Crippen molar-refractivity contribution >= 4 is 10.8 Å². The van der Waals surface area contributed by atoms with Gasteiger partial charge >= 0.3 is 0 Å². The molecule has 1 rings (SSSR count). The molecule has 0 heterocycles. The minimum absolute atomic E-state index is 0.297. The predicted octanol–water partition coefficient (Wildman–Crippen LogP) is 2.19. The summed E-state index contributed by atoms with van der Waals surface area (Å²) < 4.78 is 17.5.